The van der Waals surface area contributed by atoms with E-state index in [1.807, 2.05) is 0 Å². The van der Waals surface area contributed by atoms with Gasteiger partial charge in [0, 0.05) is 6.92 Å². The van der Waals surface area contributed by atoms with Gasteiger partial charge < -0.3 is 17.0 Å². The van der Waals surface area contributed by atoms with Gasteiger partial charge in [-0.3, -0.25) is 4.84 Å². The van der Waals surface area contributed by atoms with Crippen molar-refractivity contribution in [1.29, 1.82) is 0 Å². The number of halogens is 1. The third-order valence-electron chi connectivity index (χ3n) is 0.402. The molecule has 0 aliphatic carbocycles. The minimum Gasteiger partial charge on any atom is -1.00 e. The zero-order chi connectivity index (χ0) is 6.78. The number of hydrogen-bond acceptors (Lipinski definition) is 2. The third-order valence-corrected chi connectivity index (χ3v) is 0.402. The van der Waals surface area contributed by atoms with E-state index in [2.05, 4.69) is 0 Å². The molecule has 0 amide bonds. The Morgan fingerprint density at radius 2 is 1.67 bits per heavy atom. The second-order valence-corrected chi connectivity index (χ2v) is 2.47. The molecule has 4 heteroatoms. The van der Waals surface area contributed by atoms with Gasteiger partial charge in [-0.2, -0.15) is 0 Å². The van der Waals surface area contributed by atoms with Crippen LogP contribution in [0.25, 0.3) is 0 Å². The Kier molecular flexibility index (Phi) is 4.99. The first-order valence-electron chi connectivity index (χ1n) is 2.43. The second kappa shape index (κ2) is 3.85. The first kappa shape index (κ1) is 11.7. The fourth-order valence-corrected chi connectivity index (χ4v) is 0.386. The Labute approximate surface area is 65.9 Å². The number of hydroxylamine groups is 3. The molecule has 0 aliphatic heterocycles. The Morgan fingerprint density at radius 3 is 1.67 bits per heavy atom. The minimum atomic E-state index is -0.252. The summed E-state index contributed by atoms with van der Waals surface area (Å²) in [5, 5.41) is 0. The molecule has 56 valence electrons. The second-order valence-electron chi connectivity index (χ2n) is 2.47. The maximum atomic E-state index is 10.2. The van der Waals surface area contributed by atoms with Crippen molar-refractivity contribution in [3.63, 3.8) is 0 Å². The molecule has 3 nitrogen and oxygen atoms in total. The molecule has 0 atom stereocenters. The van der Waals surface area contributed by atoms with E-state index in [0.29, 0.717) is 0 Å². The lowest BCUT2D eigenvalue weighted by atomic mass is 10.8. The fraction of sp³-hybridized carbons (Fsp3) is 0.800. The van der Waals surface area contributed by atoms with Gasteiger partial charge in [0.2, 0.25) is 0 Å². The molecule has 0 aromatic carbocycles. The Bertz CT molecular complexity index is 97.6. The van der Waals surface area contributed by atoms with E-state index in [1.165, 1.54) is 6.92 Å². The van der Waals surface area contributed by atoms with Crippen LogP contribution in [0.5, 0.6) is 0 Å². The smallest absolute Gasteiger partial charge is 0.363 e. The predicted octanol–water partition coefficient (Wildman–Crippen LogP) is -2.83. The Balaban J connectivity index is 0. The van der Waals surface area contributed by atoms with Crippen molar-refractivity contribution >= 4 is 5.97 Å². The van der Waals surface area contributed by atoms with E-state index in [9.17, 15) is 4.79 Å². The van der Waals surface area contributed by atoms with Crippen LogP contribution >= 0.6 is 0 Å². The van der Waals surface area contributed by atoms with Crippen molar-refractivity contribution in [1.82, 2.24) is 0 Å². The van der Waals surface area contributed by atoms with E-state index < -0.39 is 0 Å². The quantitative estimate of drug-likeness (QED) is 0.335. The third kappa shape index (κ3) is 11.5. The summed E-state index contributed by atoms with van der Waals surface area (Å²) in [6.45, 7) is 1.39. The Morgan fingerprint density at radius 1 is 1.33 bits per heavy atom. The standard InChI is InChI=1S/C5H12NO2.BrH/c1-5(7)8-6(2,3)4;/h1-4H3;1H/q+1;/p-1. The summed E-state index contributed by atoms with van der Waals surface area (Å²) >= 11 is 0. The minimum absolute atomic E-state index is 0. The summed E-state index contributed by atoms with van der Waals surface area (Å²) in [6.07, 6.45) is 0. The lowest BCUT2D eigenvalue weighted by molar-refractivity contribution is -1.04. The van der Waals surface area contributed by atoms with Crippen molar-refractivity contribution in [2.45, 2.75) is 6.92 Å². The van der Waals surface area contributed by atoms with E-state index in [0.717, 1.165) is 0 Å². The van der Waals surface area contributed by atoms with Gasteiger partial charge in [-0.25, -0.2) is 4.79 Å². The van der Waals surface area contributed by atoms with Gasteiger partial charge in [-0.05, 0) is 0 Å². The maximum absolute atomic E-state index is 10.2. The lowest BCUT2D eigenvalue weighted by Crippen LogP contribution is -3.00. The van der Waals surface area contributed by atoms with Crippen LogP contribution in [0.3, 0.4) is 0 Å². The molecule has 0 N–H and O–H groups in total. The van der Waals surface area contributed by atoms with E-state index in [4.69, 9.17) is 4.84 Å². The van der Waals surface area contributed by atoms with Gasteiger partial charge in [0.15, 0.2) is 0 Å². The first-order chi connectivity index (χ1) is 3.42. The predicted molar refractivity (Wildman–Crippen MR) is 29.8 cm³/mol. The van der Waals surface area contributed by atoms with Crippen LogP contribution in [-0.2, 0) is 9.63 Å². The van der Waals surface area contributed by atoms with Gasteiger partial charge in [0.25, 0.3) is 0 Å². The normalized spacial score (nSPS) is 9.78. The number of carbonyl (C=O) groups is 1. The maximum Gasteiger partial charge on any atom is 0.363 e. The zero-order valence-electron chi connectivity index (χ0n) is 6.14. The molecule has 0 fully saturated rings. The molecule has 0 aliphatic rings. The van der Waals surface area contributed by atoms with Crippen molar-refractivity contribution < 1.29 is 31.3 Å². The number of rotatable bonds is 1. The van der Waals surface area contributed by atoms with Crippen LogP contribution in [0.4, 0.5) is 0 Å². The summed E-state index contributed by atoms with van der Waals surface area (Å²) in [4.78, 5) is 15.0. The van der Waals surface area contributed by atoms with Crippen LogP contribution in [0.15, 0.2) is 0 Å². The number of hydrogen-bond donors (Lipinski definition) is 0. The van der Waals surface area contributed by atoms with Crippen LogP contribution < -0.4 is 17.0 Å². The van der Waals surface area contributed by atoms with Crippen molar-refractivity contribution in [2.75, 3.05) is 21.1 Å². The topological polar surface area (TPSA) is 26.3 Å². The zero-order valence-corrected chi connectivity index (χ0v) is 7.73. The average molecular weight is 198 g/mol. The van der Waals surface area contributed by atoms with Gasteiger partial charge in [0.05, 0.1) is 0 Å². The van der Waals surface area contributed by atoms with E-state index in [-0.39, 0.29) is 27.6 Å². The molecule has 0 rings (SSSR count). The molecule has 0 saturated heterocycles. The summed E-state index contributed by atoms with van der Waals surface area (Å²) in [5.41, 5.74) is 0. The molecular weight excluding hydrogens is 186 g/mol. The average Bonchev–Trinajstić information content (AvgIpc) is 1.21. The summed E-state index contributed by atoms with van der Waals surface area (Å²) in [6, 6.07) is 0. The molecule has 0 aromatic rings. The highest BCUT2D eigenvalue weighted by Crippen LogP contribution is 1.90. The highest BCUT2D eigenvalue weighted by Gasteiger charge is 2.09. The van der Waals surface area contributed by atoms with Gasteiger partial charge in [-0.1, -0.05) is 0 Å². The molecule has 0 unspecified atom stereocenters. The first-order valence-corrected chi connectivity index (χ1v) is 2.43. The van der Waals surface area contributed by atoms with Crippen LogP contribution in [-0.4, -0.2) is 31.8 Å². The van der Waals surface area contributed by atoms with Crippen molar-refractivity contribution in [3.05, 3.63) is 0 Å². The molecule has 0 saturated carbocycles. The van der Waals surface area contributed by atoms with Crippen LogP contribution in [0.1, 0.15) is 6.92 Å². The van der Waals surface area contributed by atoms with Crippen LogP contribution in [0.2, 0.25) is 0 Å². The highest BCUT2D eigenvalue weighted by molar-refractivity contribution is 5.65. The largest absolute Gasteiger partial charge is 1.00 e. The van der Waals surface area contributed by atoms with Gasteiger partial charge in [-0.15, -0.1) is 4.65 Å². The molecule has 9 heavy (non-hydrogen) atoms. The van der Waals surface area contributed by atoms with E-state index in [1.54, 1.807) is 21.1 Å². The van der Waals surface area contributed by atoms with Crippen molar-refractivity contribution in [3.8, 4) is 0 Å². The highest BCUT2D eigenvalue weighted by atomic mass is 79.9. The summed E-state index contributed by atoms with van der Waals surface area (Å²) in [7, 11) is 5.34. The van der Waals surface area contributed by atoms with Crippen LogP contribution in [0, 0.1) is 0 Å². The summed E-state index contributed by atoms with van der Waals surface area (Å²) in [5.74, 6) is -0.252. The van der Waals surface area contributed by atoms with Gasteiger partial charge >= 0.3 is 5.97 Å². The SMILES string of the molecule is CC(=O)O[N+](C)(C)C.[Br-]. The fourth-order valence-electron chi connectivity index (χ4n) is 0.386. The molecule has 0 heterocycles. The Hall–Kier alpha value is -0.0900. The van der Waals surface area contributed by atoms with Gasteiger partial charge in [0.1, 0.15) is 21.1 Å². The molecular formula is C5H12BrNO2. The van der Waals surface area contributed by atoms with E-state index >= 15 is 0 Å². The van der Waals surface area contributed by atoms with Crippen molar-refractivity contribution in [2.24, 2.45) is 0 Å². The molecule has 0 spiro atoms. The summed E-state index contributed by atoms with van der Waals surface area (Å²) < 4.78 is 0.231. The molecule has 0 bridgehead atoms. The number of carbonyl (C=O) groups excluding carboxylic acids is 1. The monoisotopic (exact) mass is 197 g/mol. The number of nitrogens with zero attached hydrogens (tertiary/aromatic N) is 1. The number of quaternary nitrogens is 1. The molecule has 0 aromatic heterocycles. The molecule has 0 radical (unpaired) electrons. The lowest BCUT2D eigenvalue weighted by Gasteiger charge is -2.18.